The normalized spacial score (nSPS) is 18.2. The number of nitrogens with one attached hydrogen (secondary N) is 1. The van der Waals surface area contributed by atoms with Crippen LogP contribution in [0.2, 0.25) is 0 Å². The van der Waals surface area contributed by atoms with Gasteiger partial charge in [0.2, 0.25) is 0 Å². The van der Waals surface area contributed by atoms with Gasteiger partial charge in [-0.2, -0.15) is 0 Å². The molecular weight excluding hydrogens is 110 g/mol. The number of ether oxygens (including phenoxy) is 1. The molecule has 0 bridgehead atoms. The molecule has 2 amide bonds. The van der Waals surface area contributed by atoms with Gasteiger partial charge in [-0.1, -0.05) is 0 Å². The van der Waals surface area contributed by atoms with Gasteiger partial charge in [0.25, 0.3) is 5.91 Å². The second-order valence-corrected chi connectivity index (χ2v) is 1.27. The number of imide groups is 1. The summed E-state index contributed by atoms with van der Waals surface area (Å²) in [5.74, 6) is -0.704. The summed E-state index contributed by atoms with van der Waals surface area (Å²) in [6.45, 7) is 3.13. The topological polar surface area (TPSA) is 55.4 Å². The van der Waals surface area contributed by atoms with Crippen LogP contribution < -0.4 is 5.32 Å². The summed E-state index contributed by atoms with van der Waals surface area (Å²) < 4.78 is 4.18. The Hall–Kier alpha value is -1.32. The average Bonchev–Trinajstić information content (AvgIpc) is 1.85. The lowest BCUT2D eigenvalue weighted by atomic mass is 10.6. The number of cyclic esters (lactones) is 1. The molecular formula is C4H3NO3. The number of carbonyl (C=O) groups excluding carboxylic acids is 2. The van der Waals surface area contributed by atoms with Gasteiger partial charge in [0.15, 0.2) is 5.76 Å². The van der Waals surface area contributed by atoms with E-state index in [-0.39, 0.29) is 5.76 Å². The Bertz CT molecular complexity index is 154. The minimum absolute atomic E-state index is 0.144. The van der Waals surface area contributed by atoms with Crippen LogP contribution in [0.1, 0.15) is 0 Å². The molecule has 1 heterocycles. The fraction of sp³-hybridized carbons (Fsp3) is 0. The summed E-state index contributed by atoms with van der Waals surface area (Å²) in [5.41, 5.74) is 0. The lowest BCUT2D eigenvalue weighted by Gasteiger charge is -1.80. The number of rotatable bonds is 0. The van der Waals surface area contributed by atoms with Gasteiger partial charge in [0.05, 0.1) is 0 Å². The van der Waals surface area contributed by atoms with Crippen LogP contribution in [0.15, 0.2) is 12.3 Å². The number of amides is 2. The van der Waals surface area contributed by atoms with Crippen molar-refractivity contribution in [1.29, 1.82) is 0 Å². The fourth-order valence-corrected chi connectivity index (χ4v) is 0.346. The first-order valence-corrected chi connectivity index (χ1v) is 1.92. The van der Waals surface area contributed by atoms with Crippen LogP contribution in [0.25, 0.3) is 0 Å². The highest BCUT2D eigenvalue weighted by molar-refractivity contribution is 6.06. The third-order valence-electron chi connectivity index (χ3n) is 0.685. The molecule has 0 aromatic heterocycles. The predicted octanol–water partition coefficient (Wildman–Crippen LogP) is -0.233. The molecule has 8 heavy (non-hydrogen) atoms. The summed E-state index contributed by atoms with van der Waals surface area (Å²) >= 11 is 0. The number of alkyl carbamates (subject to hydrolysis) is 1. The zero-order valence-electron chi connectivity index (χ0n) is 3.93. The van der Waals surface area contributed by atoms with Crippen molar-refractivity contribution in [1.82, 2.24) is 5.32 Å². The minimum atomic E-state index is -0.750. The Morgan fingerprint density at radius 2 is 2.12 bits per heavy atom. The zero-order chi connectivity index (χ0) is 6.15. The van der Waals surface area contributed by atoms with Crippen LogP contribution in [0, 0.1) is 0 Å². The maximum atomic E-state index is 10.2. The predicted molar refractivity (Wildman–Crippen MR) is 23.8 cm³/mol. The summed E-state index contributed by atoms with van der Waals surface area (Å²) in [7, 11) is 0. The highest BCUT2D eigenvalue weighted by Gasteiger charge is 2.23. The van der Waals surface area contributed by atoms with Gasteiger partial charge in [0.1, 0.15) is 0 Å². The average molecular weight is 113 g/mol. The maximum absolute atomic E-state index is 10.2. The Labute approximate surface area is 45.1 Å². The van der Waals surface area contributed by atoms with E-state index in [0.29, 0.717) is 0 Å². The van der Waals surface area contributed by atoms with Crippen molar-refractivity contribution in [2.75, 3.05) is 0 Å². The standard InChI is InChI=1S/C4H3NO3/c1-2-3(6)5-4(7)8-2/h1H2,(H,5,6,7). The first-order valence-electron chi connectivity index (χ1n) is 1.92. The van der Waals surface area contributed by atoms with Crippen LogP contribution in [-0.2, 0) is 9.53 Å². The van der Waals surface area contributed by atoms with Crippen molar-refractivity contribution in [3.8, 4) is 0 Å². The Morgan fingerprint density at radius 3 is 2.25 bits per heavy atom. The molecule has 42 valence electrons. The molecule has 0 atom stereocenters. The Morgan fingerprint density at radius 1 is 1.50 bits per heavy atom. The van der Waals surface area contributed by atoms with Crippen LogP contribution in [0.4, 0.5) is 4.79 Å². The number of carbonyl (C=O) groups is 2. The van der Waals surface area contributed by atoms with E-state index in [2.05, 4.69) is 11.3 Å². The monoisotopic (exact) mass is 113 g/mol. The zero-order valence-corrected chi connectivity index (χ0v) is 3.93. The van der Waals surface area contributed by atoms with E-state index in [1.807, 2.05) is 5.32 Å². The van der Waals surface area contributed by atoms with Crippen molar-refractivity contribution >= 4 is 12.0 Å². The molecule has 1 aliphatic rings. The summed E-state index contributed by atoms with van der Waals surface area (Å²) in [4.78, 5) is 20.3. The van der Waals surface area contributed by atoms with E-state index in [1.54, 1.807) is 0 Å². The molecule has 1 fully saturated rings. The molecule has 0 spiro atoms. The SMILES string of the molecule is C=C1OC(=O)NC1=O. The fourth-order valence-electron chi connectivity index (χ4n) is 0.346. The summed E-state index contributed by atoms with van der Waals surface area (Å²) in [5, 5.41) is 1.87. The maximum Gasteiger partial charge on any atom is 0.419 e. The van der Waals surface area contributed by atoms with Gasteiger partial charge in [-0.3, -0.25) is 10.1 Å². The van der Waals surface area contributed by atoms with Crippen molar-refractivity contribution in [3.05, 3.63) is 12.3 Å². The molecule has 0 saturated carbocycles. The quantitative estimate of drug-likeness (QED) is 0.441. The molecule has 0 aliphatic carbocycles. The van der Waals surface area contributed by atoms with Gasteiger partial charge < -0.3 is 4.74 Å². The smallest absolute Gasteiger partial charge is 0.405 e. The van der Waals surface area contributed by atoms with E-state index < -0.39 is 12.0 Å². The van der Waals surface area contributed by atoms with Crippen molar-refractivity contribution < 1.29 is 14.3 Å². The molecule has 1 aliphatic heterocycles. The van der Waals surface area contributed by atoms with Crippen molar-refractivity contribution in [3.63, 3.8) is 0 Å². The Balaban J connectivity index is 2.79. The number of hydrogen-bond acceptors (Lipinski definition) is 3. The van der Waals surface area contributed by atoms with Gasteiger partial charge in [0, 0.05) is 0 Å². The van der Waals surface area contributed by atoms with Crippen LogP contribution in [-0.4, -0.2) is 12.0 Å². The third-order valence-corrected chi connectivity index (χ3v) is 0.685. The molecule has 0 radical (unpaired) electrons. The first-order chi connectivity index (χ1) is 3.70. The van der Waals surface area contributed by atoms with E-state index in [9.17, 15) is 9.59 Å². The lowest BCUT2D eigenvalue weighted by molar-refractivity contribution is -0.116. The largest absolute Gasteiger partial charge is 0.419 e. The molecule has 0 unspecified atom stereocenters. The summed E-state index contributed by atoms with van der Waals surface area (Å²) in [6, 6.07) is 0. The highest BCUT2D eigenvalue weighted by Crippen LogP contribution is 2.00. The lowest BCUT2D eigenvalue weighted by Crippen LogP contribution is -2.18. The van der Waals surface area contributed by atoms with Gasteiger partial charge in [-0.25, -0.2) is 4.79 Å². The van der Waals surface area contributed by atoms with Crippen molar-refractivity contribution in [2.45, 2.75) is 0 Å². The molecule has 4 heteroatoms. The molecule has 1 rings (SSSR count). The first kappa shape index (κ1) is 4.83. The van der Waals surface area contributed by atoms with Crippen LogP contribution >= 0.6 is 0 Å². The second kappa shape index (κ2) is 1.33. The second-order valence-electron chi connectivity index (χ2n) is 1.27. The molecule has 0 aromatic rings. The third kappa shape index (κ3) is 0.556. The van der Waals surface area contributed by atoms with Gasteiger partial charge in [-0.05, 0) is 6.58 Å². The van der Waals surface area contributed by atoms with Crippen molar-refractivity contribution in [2.24, 2.45) is 0 Å². The Kier molecular flexibility index (Phi) is 0.802. The van der Waals surface area contributed by atoms with E-state index in [1.165, 1.54) is 0 Å². The molecule has 0 aromatic carbocycles. The van der Waals surface area contributed by atoms with Gasteiger partial charge >= 0.3 is 6.09 Å². The molecule has 1 saturated heterocycles. The molecule has 1 N–H and O–H groups in total. The summed E-state index contributed by atoms with van der Waals surface area (Å²) in [6.07, 6.45) is -0.750. The highest BCUT2D eigenvalue weighted by atomic mass is 16.6. The van der Waals surface area contributed by atoms with E-state index >= 15 is 0 Å². The van der Waals surface area contributed by atoms with Crippen LogP contribution in [0.3, 0.4) is 0 Å². The minimum Gasteiger partial charge on any atom is -0.405 e. The van der Waals surface area contributed by atoms with Crippen LogP contribution in [0.5, 0.6) is 0 Å². The van der Waals surface area contributed by atoms with E-state index in [4.69, 9.17) is 0 Å². The molecule has 4 nitrogen and oxygen atoms in total. The number of hydrogen-bond donors (Lipinski definition) is 1. The van der Waals surface area contributed by atoms with E-state index in [0.717, 1.165) is 0 Å². The van der Waals surface area contributed by atoms with Gasteiger partial charge in [-0.15, -0.1) is 0 Å².